The van der Waals surface area contributed by atoms with Crippen molar-refractivity contribution in [2.45, 2.75) is 39.8 Å². The molecule has 0 radical (unpaired) electrons. The van der Waals surface area contributed by atoms with Crippen molar-refractivity contribution < 1.29 is 18.0 Å². The van der Waals surface area contributed by atoms with Crippen LogP contribution in [0.1, 0.15) is 29.2 Å². The third kappa shape index (κ3) is 7.92. The number of sulfonamides is 1. The minimum atomic E-state index is -3.77. The topological polar surface area (TPSA) is 86.8 Å². The van der Waals surface area contributed by atoms with Crippen LogP contribution in [-0.4, -0.2) is 50.5 Å². The molecule has 0 aliphatic heterocycles. The lowest BCUT2D eigenvalue weighted by molar-refractivity contribution is -0.140. The van der Waals surface area contributed by atoms with Gasteiger partial charge in [0.25, 0.3) is 0 Å². The molecule has 0 heterocycles. The molecule has 196 valence electrons. The van der Waals surface area contributed by atoms with Crippen LogP contribution in [0.2, 0.25) is 0 Å². The SMILES string of the molecule is CCNC(=O)[C@@H](Cc1ccccc1)N(Cc1ccc(C)cc1)C(=O)CN(c1ccc(C)cc1)S(C)(=O)=O. The van der Waals surface area contributed by atoms with Gasteiger partial charge in [-0.25, -0.2) is 8.42 Å². The number of carbonyl (C=O) groups is 2. The van der Waals surface area contributed by atoms with Crippen molar-refractivity contribution in [3.05, 3.63) is 101 Å². The van der Waals surface area contributed by atoms with E-state index in [-0.39, 0.29) is 12.5 Å². The van der Waals surface area contributed by atoms with Crippen LogP contribution in [0.3, 0.4) is 0 Å². The molecule has 0 aliphatic carbocycles. The van der Waals surface area contributed by atoms with Crippen LogP contribution in [0, 0.1) is 13.8 Å². The van der Waals surface area contributed by atoms with E-state index in [4.69, 9.17) is 0 Å². The van der Waals surface area contributed by atoms with Crippen LogP contribution in [0.15, 0.2) is 78.9 Å². The van der Waals surface area contributed by atoms with Gasteiger partial charge in [-0.3, -0.25) is 13.9 Å². The molecule has 0 fully saturated rings. The van der Waals surface area contributed by atoms with Gasteiger partial charge in [-0.15, -0.1) is 0 Å². The van der Waals surface area contributed by atoms with Crippen molar-refractivity contribution in [1.82, 2.24) is 10.2 Å². The number of benzene rings is 3. The number of aryl methyl sites for hydroxylation is 2. The number of amides is 2. The van der Waals surface area contributed by atoms with Crippen molar-refractivity contribution in [1.29, 1.82) is 0 Å². The molecule has 3 aromatic carbocycles. The van der Waals surface area contributed by atoms with Crippen LogP contribution < -0.4 is 9.62 Å². The summed E-state index contributed by atoms with van der Waals surface area (Å²) >= 11 is 0. The molecule has 1 N–H and O–H groups in total. The van der Waals surface area contributed by atoms with Crippen LogP contribution in [0.25, 0.3) is 0 Å². The lowest BCUT2D eigenvalue weighted by Crippen LogP contribution is -2.53. The summed E-state index contributed by atoms with van der Waals surface area (Å²) in [7, 11) is -3.77. The number of hydrogen-bond acceptors (Lipinski definition) is 4. The van der Waals surface area contributed by atoms with Gasteiger partial charge in [0.05, 0.1) is 11.9 Å². The smallest absolute Gasteiger partial charge is 0.244 e. The Bertz CT molecular complexity index is 1290. The summed E-state index contributed by atoms with van der Waals surface area (Å²) in [4.78, 5) is 28.7. The fourth-order valence-electron chi connectivity index (χ4n) is 4.06. The Morgan fingerprint density at radius 3 is 1.95 bits per heavy atom. The van der Waals surface area contributed by atoms with Gasteiger partial charge in [-0.05, 0) is 44.0 Å². The van der Waals surface area contributed by atoms with Gasteiger partial charge in [0.1, 0.15) is 12.6 Å². The minimum Gasteiger partial charge on any atom is -0.355 e. The fraction of sp³-hybridized carbons (Fsp3) is 0.310. The molecular weight excluding hydrogens is 486 g/mol. The van der Waals surface area contributed by atoms with E-state index in [9.17, 15) is 18.0 Å². The third-order valence-electron chi connectivity index (χ3n) is 6.10. The molecule has 0 aliphatic rings. The third-order valence-corrected chi connectivity index (χ3v) is 7.24. The molecule has 1 atom stereocenters. The molecule has 7 nitrogen and oxygen atoms in total. The first-order chi connectivity index (χ1) is 17.6. The van der Waals surface area contributed by atoms with Gasteiger partial charge in [0.2, 0.25) is 21.8 Å². The summed E-state index contributed by atoms with van der Waals surface area (Å²) < 4.78 is 26.6. The summed E-state index contributed by atoms with van der Waals surface area (Å²) in [6.07, 6.45) is 1.38. The van der Waals surface area contributed by atoms with Crippen molar-refractivity contribution in [3.63, 3.8) is 0 Å². The highest BCUT2D eigenvalue weighted by Gasteiger charge is 2.32. The fourth-order valence-corrected chi connectivity index (χ4v) is 4.91. The summed E-state index contributed by atoms with van der Waals surface area (Å²) in [5.41, 5.74) is 4.20. The number of hydrogen-bond donors (Lipinski definition) is 1. The molecule has 0 aromatic heterocycles. The second kappa shape index (κ2) is 12.5. The Balaban J connectivity index is 2.02. The average molecular weight is 522 g/mol. The number of likely N-dealkylation sites (N-methyl/N-ethyl adjacent to an activating group) is 1. The Morgan fingerprint density at radius 1 is 0.838 bits per heavy atom. The average Bonchev–Trinajstić information content (AvgIpc) is 2.86. The van der Waals surface area contributed by atoms with Crippen molar-refractivity contribution in [2.24, 2.45) is 0 Å². The maximum absolute atomic E-state index is 13.9. The Hall–Kier alpha value is -3.65. The quantitative estimate of drug-likeness (QED) is 0.415. The molecule has 37 heavy (non-hydrogen) atoms. The van der Waals surface area contributed by atoms with Crippen molar-refractivity contribution >= 4 is 27.5 Å². The predicted molar refractivity (Wildman–Crippen MR) is 148 cm³/mol. The number of nitrogens with zero attached hydrogens (tertiary/aromatic N) is 2. The molecule has 3 aromatic rings. The van der Waals surface area contributed by atoms with E-state index in [1.165, 1.54) is 4.90 Å². The zero-order valence-electron chi connectivity index (χ0n) is 21.8. The van der Waals surface area contributed by atoms with E-state index in [1.807, 2.05) is 75.4 Å². The Morgan fingerprint density at radius 2 is 1.41 bits per heavy atom. The molecule has 3 rings (SSSR count). The van der Waals surface area contributed by atoms with Crippen LogP contribution in [0.5, 0.6) is 0 Å². The molecule has 0 saturated carbocycles. The second-order valence-corrected chi connectivity index (χ2v) is 11.1. The summed E-state index contributed by atoms with van der Waals surface area (Å²) in [5, 5.41) is 2.85. The van der Waals surface area contributed by atoms with Crippen LogP contribution >= 0.6 is 0 Å². The zero-order valence-corrected chi connectivity index (χ0v) is 22.7. The Kier molecular flexibility index (Phi) is 9.47. The van der Waals surface area contributed by atoms with Gasteiger partial charge < -0.3 is 10.2 Å². The van der Waals surface area contributed by atoms with Crippen LogP contribution in [-0.2, 0) is 32.6 Å². The summed E-state index contributed by atoms with van der Waals surface area (Å²) in [6, 6.07) is 23.4. The van der Waals surface area contributed by atoms with E-state index in [0.717, 1.165) is 32.8 Å². The van der Waals surface area contributed by atoms with Crippen molar-refractivity contribution in [2.75, 3.05) is 23.7 Å². The number of anilines is 1. The monoisotopic (exact) mass is 521 g/mol. The largest absolute Gasteiger partial charge is 0.355 e. The molecule has 8 heteroatoms. The first kappa shape index (κ1) is 27.9. The summed E-state index contributed by atoms with van der Waals surface area (Å²) in [6.45, 7) is 5.87. The molecule has 0 unspecified atom stereocenters. The maximum atomic E-state index is 13.9. The lowest BCUT2D eigenvalue weighted by Gasteiger charge is -2.33. The van der Waals surface area contributed by atoms with E-state index in [1.54, 1.807) is 24.3 Å². The van der Waals surface area contributed by atoms with Gasteiger partial charge in [0, 0.05) is 19.5 Å². The normalized spacial score (nSPS) is 12.0. The van der Waals surface area contributed by atoms with E-state index >= 15 is 0 Å². The van der Waals surface area contributed by atoms with Gasteiger partial charge in [-0.1, -0.05) is 77.9 Å². The predicted octanol–water partition coefficient (Wildman–Crippen LogP) is 3.85. The van der Waals surface area contributed by atoms with Gasteiger partial charge >= 0.3 is 0 Å². The highest BCUT2D eigenvalue weighted by atomic mass is 32.2. The highest BCUT2D eigenvalue weighted by molar-refractivity contribution is 7.92. The molecular formula is C29H35N3O4S. The van der Waals surface area contributed by atoms with E-state index in [2.05, 4.69) is 5.32 Å². The van der Waals surface area contributed by atoms with E-state index in [0.29, 0.717) is 18.7 Å². The summed E-state index contributed by atoms with van der Waals surface area (Å²) in [5.74, 6) is -0.744. The first-order valence-electron chi connectivity index (χ1n) is 12.3. The molecule has 0 bridgehead atoms. The van der Waals surface area contributed by atoms with Crippen molar-refractivity contribution in [3.8, 4) is 0 Å². The van der Waals surface area contributed by atoms with Gasteiger partial charge in [0.15, 0.2) is 0 Å². The standard InChI is InChI=1S/C29H35N3O4S/c1-5-30-29(34)27(19-24-9-7-6-8-10-24)31(20-25-15-11-22(2)12-16-25)28(33)21-32(37(4,35)36)26-17-13-23(3)14-18-26/h6-18,27H,5,19-21H2,1-4H3,(H,30,34)/t27-/m1/s1. The van der Waals surface area contributed by atoms with E-state index < -0.39 is 28.5 Å². The highest BCUT2D eigenvalue weighted by Crippen LogP contribution is 2.21. The molecule has 0 saturated heterocycles. The minimum absolute atomic E-state index is 0.166. The van der Waals surface area contributed by atoms with Crippen LogP contribution in [0.4, 0.5) is 5.69 Å². The maximum Gasteiger partial charge on any atom is 0.244 e. The number of rotatable bonds is 11. The number of nitrogens with one attached hydrogen (secondary N) is 1. The zero-order chi connectivity index (χ0) is 27.0. The lowest BCUT2D eigenvalue weighted by atomic mass is 10.0. The molecule has 2 amide bonds. The molecule has 0 spiro atoms. The second-order valence-electron chi connectivity index (χ2n) is 9.21. The first-order valence-corrected chi connectivity index (χ1v) is 14.1. The van der Waals surface area contributed by atoms with Gasteiger partial charge in [-0.2, -0.15) is 0 Å². The number of carbonyl (C=O) groups excluding carboxylic acids is 2. The Labute approximate surface area is 220 Å².